The molecule has 2 unspecified atom stereocenters. The van der Waals surface area contributed by atoms with E-state index in [1.54, 1.807) is 0 Å². The van der Waals surface area contributed by atoms with Crippen molar-refractivity contribution in [3.8, 4) is 0 Å². The molecule has 0 aromatic carbocycles. The first kappa shape index (κ1) is 13.5. The fourth-order valence-corrected chi connectivity index (χ4v) is 2.48. The first-order chi connectivity index (χ1) is 7.38. The van der Waals surface area contributed by atoms with Crippen LogP contribution in [0.2, 0.25) is 0 Å². The van der Waals surface area contributed by atoms with Crippen molar-refractivity contribution in [3.63, 3.8) is 0 Å². The van der Waals surface area contributed by atoms with Gasteiger partial charge in [0.2, 0.25) is 0 Å². The molecule has 1 aliphatic heterocycles. The average Bonchev–Trinajstić information content (AvgIpc) is 2.63. The van der Waals surface area contributed by atoms with Gasteiger partial charge < -0.3 is 9.84 Å². The minimum Gasteiger partial charge on any atom is -0.467 e. The molecule has 0 spiro atoms. The Hall–Kier alpha value is -0.610. The summed E-state index contributed by atoms with van der Waals surface area (Å²) in [5.74, 6) is -0.00199. The van der Waals surface area contributed by atoms with E-state index in [0.29, 0.717) is 18.5 Å². The summed E-state index contributed by atoms with van der Waals surface area (Å²) in [6.07, 6.45) is 2.29. The number of hydrogen-bond acceptors (Lipinski definition) is 4. The van der Waals surface area contributed by atoms with E-state index in [9.17, 15) is 9.90 Å². The number of aliphatic hydroxyl groups is 1. The lowest BCUT2D eigenvalue weighted by molar-refractivity contribution is -0.162. The summed E-state index contributed by atoms with van der Waals surface area (Å²) >= 11 is 0. The van der Waals surface area contributed by atoms with Gasteiger partial charge in [-0.15, -0.1) is 0 Å². The van der Waals surface area contributed by atoms with E-state index in [1.807, 2.05) is 0 Å². The van der Waals surface area contributed by atoms with Crippen LogP contribution in [0.4, 0.5) is 0 Å². The molecule has 0 aliphatic carbocycles. The van der Waals surface area contributed by atoms with Crippen molar-refractivity contribution in [3.05, 3.63) is 0 Å². The molecule has 0 aromatic rings. The Bertz CT molecular complexity index is 251. The molecule has 16 heavy (non-hydrogen) atoms. The Balaban J connectivity index is 2.62. The summed E-state index contributed by atoms with van der Waals surface area (Å²) in [6, 6.07) is 0.469. The predicted molar refractivity (Wildman–Crippen MR) is 62.1 cm³/mol. The predicted octanol–water partition coefficient (Wildman–Crippen LogP) is 1.03. The number of hydrogen-bond donors (Lipinski definition) is 1. The maximum Gasteiger partial charge on any atom is 0.338 e. The fourth-order valence-electron chi connectivity index (χ4n) is 2.48. The van der Waals surface area contributed by atoms with Crippen molar-refractivity contribution < 1.29 is 14.6 Å². The topological polar surface area (TPSA) is 49.8 Å². The molecule has 1 heterocycles. The van der Waals surface area contributed by atoms with Gasteiger partial charge in [0.05, 0.1) is 7.11 Å². The number of carbonyl (C=O) groups is 1. The Morgan fingerprint density at radius 1 is 1.62 bits per heavy atom. The lowest BCUT2D eigenvalue weighted by atomic mass is 10.00. The summed E-state index contributed by atoms with van der Waals surface area (Å²) < 4.78 is 4.61. The fraction of sp³-hybridized carbons (Fsp3) is 0.917. The first-order valence-electron chi connectivity index (χ1n) is 5.93. The highest BCUT2D eigenvalue weighted by Crippen LogP contribution is 2.25. The number of likely N-dealkylation sites (tertiary alicyclic amines) is 1. The van der Waals surface area contributed by atoms with Gasteiger partial charge in [0.25, 0.3) is 0 Å². The molecular weight excluding hydrogens is 206 g/mol. The second kappa shape index (κ2) is 5.15. The van der Waals surface area contributed by atoms with Gasteiger partial charge in [-0.2, -0.15) is 0 Å². The SMILES string of the molecule is COC(=O)C(C)(O)CN1CCCC1C(C)C. The second-order valence-corrected chi connectivity index (χ2v) is 5.19. The lowest BCUT2D eigenvalue weighted by Crippen LogP contribution is -2.49. The average molecular weight is 229 g/mol. The molecular formula is C12H23NO3. The van der Waals surface area contributed by atoms with Crippen molar-refractivity contribution in [1.82, 2.24) is 4.90 Å². The molecule has 0 saturated carbocycles. The first-order valence-corrected chi connectivity index (χ1v) is 5.93. The van der Waals surface area contributed by atoms with Crippen LogP contribution < -0.4 is 0 Å². The number of carbonyl (C=O) groups excluding carboxylic acids is 1. The quantitative estimate of drug-likeness (QED) is 0.732. The van der Waals surface area contributed by atoms with Gasteiger partial charge in [0.15, 0.2) is 5.60 Å². The molecule has 0 amide bonds. The zero-order chi connectivity index (χ0) is 12.3. The van der Waals surface area contributed by atoms with Crippen molar-refractivity contribution in [2.75, 3.05) is 20.2 Å². The summed E-state index contributed by atoms with van der Waals surface area (Å²) in [7, 11) is 1.31. The van der Waals surface area contributed by atoms with Crippen LogP contribution in [0, 0.1) is 5.92 Å². The van der Waals surface area contributed by atoms with Crippen molar-refractivity contribution in [2.45, 2.75) is 45.3 Å². The van der Waals surface area contributed by atoms with Crippen LogP contribution in [0.1, 0.15) is 33.6 Å². The number of methoxy groups -OCH3 is 1. The number of rotatable bonds is 4. The van der Waals surface area contributed by atoms with Crippen molar-refractivity contribution >= 4 is 5.97 Å². The molecule has 0 aromatic heterocycles. The molecule has 1 saturated heterocycles. The van der Waals surface area contributed by atoms with Gasteiger partial charge in [-0.25, -0.2) is 4.79 Å². The largest absolute Gasteiger partial charge is 0.467 e. The third kappa shape index (κ3) is 2.95. The van der Waals surface area contributed by atoms with Crippen LogP contribution in [0.5, 0.6) is 0 Å². The molecule has 2 atom stereocenters. The summed E-state index contributed by atoms with van der Waals surface area (Å²) in [4.78, 5) is 13.6. The normalized spacial score (nSPS) is 25.8. The standard InChI is InChI=1S/C12H23NO3/c1-9(2)10-6-5-7-13(10)8-12(3,15)11(14)16-4/h9-10,15H,5-8H2,1-4H3. The molecule has 0 bridgehead atoms. The second-order valence-electron chi connectivity index (χ2n) is 5.19. The third-order valence-electron chi connectivity index (χ3n) is 3.32. The van der Waals surface area contributed by atoms with Crippen LogP contribution in [-0.2, 0) is 9.53 Å². The minimum atomic E-state index is -1.40. The van der Waals surface area contributed by atoms with E-state index in [0.717, 1.165) is 19.4 Å². The zero-order valence-corrected chi connectivity index (χ0v) is 10.7. The Morgan fingerprint density at radius 2 is 2.25 bits per heavy atom. The van der Waals surface area contributed by atoms with Crippen LogP contribution in [0.15, 0.2) is 0 Å². The monoisotopic (exact) mass is 229 g/mol. The third-order valence-corrected chi connectivity index (χ3v) is 3.32. The Morgan fingerprint density at radius 3 is 2.75 bits per heavy atom. The molecule has 94 valence electrons. The van der Waals surface area contributed by atoms with Crippen LogP contribution in [-0.4, -0.2) is 47.8 Å². The van der Waals surface area contributed by atoms with Crippen molar-refractivity contribution in [2.24, 2.45) is 5.92 Å². The lowest BCUT2D eigenvalue weighted by Gasteiger charge is -2.32. The molecule has 1 rings (SSSR count). The summed E-state index contributed by atoms with van der Waals surface area (Å²) in [5, 5.41) is 10.0. The smallest absolute Gasteiger partial charge is 0.338 e. The number of nitrogens with zero attached hydrogens (tertiary/aromatic N) is 1. The van der Waals surface area contributed by atoms with Gasteiger partial charge in [-0.1, -0.05) is 13.8 Å². The van der Waals surface area contributed by atoms with E-state index >= 15 is 0 Å². The summed E-state index contributed by atoms with van der Waals surface area (Å²) in [6.45, 7) is 7.19. The van der Waals surface area contributed by atoms with Gasteiger partial charge in [0.1, 0.15) is 0 Å². The van der Waals surface area contributed by atoms with E-state index in [2.05, 4.69) is 23.5 Å². The minimum absolute atomic E-state index is 0.364. The zero-order valence-electron chi connectivity index (χ0n) is 10.7. The number of ether oxygens (including phenoxy) is 1. The van der Waals surface area contributed by atoms with E-state index in [4.69, 9.17) is 0 Å². The number of esters is 1. The van der Waals surface area contributed by atoms with Gasteiger partial charge >= 0.3 is 5.97 Å². The highest BCUT2D eigenvalue weighted by Gasteiger charge is 2.38. The van der Waals surface area contributed by atoms with Gasteiger partial charge in [-0.3, -0.25) is 4.90 Å². The van der Waals surface area contributed by atoms with E-state index in [1.165, 1.54) is 14.0 Å². The van der Waals surface area contributed by atoms with Crippen LogP contribution in [0.25, 0.3) is 0 Å². The molecule has 1 N–H and O–H groups in total. The maximum atomic E-state index is 11.4. The molecule has 1 fully saturated rings. The molecule has 4 heteroatoms. The van der Waals surface area contributed by atoms with Crippen molar-refractivity contribution in [1.29, 1.82) is 0 Å². The van der Waals surface area contributed by atoms with Gasteiger partial charge in [-0.05, 0) is 32.2 Å². The highest BCUT2D eigenvalue weighted by atomic mass is 16.5. The maximum absolute atomic E-state index is 11.4. The molecule has 1 aliphatic rings. The molecule has 0 radical (unpaired) electrons. The van der Waals surface area contributed by atoms with Gasteiger partial charge in [0, 0.05) is 12.6 Å². The van der Waals surface area contributed by atoms with Crippen LogP contribution in [0.3, 0.4) is 0 Å². The molecule has 4 nitrogen and oxygen atoms in total. The Labute approximate surface area is 97.6 Å². The summed E-state index contributed by atoms with van der Waals surface area (Å²) in [5.41, 5.74) is -1.40. The number of β-amino-alcohol motifs (C(OH)–C–C–N with tert-alkyl or cyclic N) is 1. The highest BCUT2D eigenvalue weighted by molar-refractivity contribution is 5.78. The van der Waals surface area contributed by atoms with E-state index < -0.39 is 11.6 Å². The Kier molecular flexibility index (Phi) is 4.33. The van der Waals surface area contributed by atoms with Crippen LogP contribution >= 0.6 is 0 Å². The van der Waals surface area contributed by atoms with E-state index in [-0.39, 0.29) is 0 Å².